The third-order valence-corrected chi connectivity index (χ3v) is 5.14. The van der Waals surface area contributed by atoms with Crippen molar-refractivity contribution >= 4 is 5.91 Å². The van der Waals surface area contributed by atoms with Gasteiger partial charge in [-0.2, -0.15) is 5.26 Å². The lowest BCUT2D eigenvalue weighted by Gasteiger charge is -2.20. The minimum atomic E-state index is -0.490. The second-order valence-electron chi connectivity index (χ2n) is 6.82. The normalized spacial score (nSPS) is 21.1. The summed E-state index contributed by atoms with van der Waals surface area (Å²) < 4.78 is 0. The van der Waals surface area contributed by atoms with Gasteiger partial charge in [-0.25, -0.2) is 0 Å². The van der Waals surface area contributed by atoms with E-state index in [0.29, 0.717) is 0 Å². The van der Waals surface area contributed by atoms with Gasteiger partial charge in [0.15, 0.2) is 0 Å². The van der Waals surface area contributed by atoms with Gasteiger partial charge >= 0.3 is 0 Å². The highest BCUT2D eigenvalue weighted by Crippen LogP contribution is 2.40. The van der Waals surface area contributed by atoms with E-state index >= 15 is 0 Å². The van der Waals surface area contributed by atoms with Crippen molar-refractivity contribution in [3.8, 4) is 6.07 Å². The number of nitrogens with zero attached hydrogens (tertiary/aromatic N) is 1. The van der Waals surface area contributed by atoms with Crippen molar-refractivity contribution in [3.05, 3.63) is 35.4 Å². The molecule has 2 aliphatic carbocycles. The van der Waals surface area contributed by atoms with Crippen LogP contribution in [0.1, 0.15) is 68.5 Å². The van der Waals surface area contributed by atoms with Gasteiger partial charge in [0.25, 0.3) is 0 Å². The number of benzene rings is 1. The molecule has 0 saturated heterocycles. The van der Waals surface area contributed by atoms with Gasteiger partial charge in [-0.3, -0.25) is 4.79 Å². The molecule has 2 atom stereocenters. The lowest BCUT2D eigenvalue weighted by Crippen LogP contribution is -2.35. The minimum absolute atomic E-state index is 0.0435. The molecule has 2 unspecified atom stereocenters. The van der Waals surface area contributed by atoms with Gasteiger partial charge in [0.05, 0.1) is 12.1 Å². The SMILES string of the molecule is CC(NC(=O)C(C#N)C1CCCC1)c1ccc(C2CC2)cc1. The Morgan fingerprint density at radius 3 is 2.36 bits per heavy atom. The number of rotatable bonds is 5. The molecule has 3 nitrogen and oxygen atoms in total. The highest BCUT2D eigenvalue weighted by molar-refractivity contribution is 5.81. The van der Waals surface area contributed by atoms with Crippen molar-refractivity contribution in [2.24, 2.45) is 11.8 Å². The van der Waals surface area contributed by atoms with Gasteiger partial charge in [-0.15, -0.1) is 0 Å². The lowest BCUT2D eigenvalue weighted by atomic mass is 9.91. The first-order valence-electron chi connectivity index (χ1n) is 8.49. The summed E-state index contributed by atoms with van der Waals surface area (Å²) in [4.78, 5) is 12.4. The van der Waals surface area contributed by atoms with Crippen molar-refractivity contribution in [2.45, 2.75) is 57.4 Å². The first-order valence-corrected chi connectivity index (χ1v) is 8.49. The average Bonchev–Trinajstić information content (AvgIpc) is 3.25. The molecular formula is C19H24N2O. The van der Waals surface area contributed by atoms with Crippen LogP contribution >= 0.6 is 0 Å². The zero-order chi connectivity index (χ0) is 15.5. The minimum Gasteiger partial charge on any atom is -0.348 e. The van der Waals surface area contributed by atoms with Crippen LogP contribution in [-0.2, 0) is 4.79 Å². The number of nitriles is 1. The van der Waals surface area contributed by atoms with Crippen LogP contribution in [0, 0.1) is 23.2 Å². The van der Waals surface area contributed by atoms with Crippen molar-refractivity contribution in [3.63, 3.8) is 0 Å². The van der Waals surface area contributed by atoms with E-state index in [4.69, 9.17) is 0 Å². The van der Waals surface area contributed by atoms with Crippen molar-refractivity contribution in [2.75, 3.05) is 0 Å². The van der Waals surface area contributed by atoms with Crippen LogP contribution in [0.4, 0.5) is 0 Å². The molecule has 2 saturated carbocycles. The summed E-state index contributed by atoms with van der Waals surface area (Å²) >= 11 is 0. The number of carbonyl (C=O) groups is 1. The van der Waals surface area contributed by atoms with E-state index in [1.54, 1.807) is 0 Å². The molecule has 0 bridgehead atoms. The van der Waals surface area contributed by atoms with Crippen LogP contribution in [0.5, 0.6) is 0 Å². The largest absolute Gasteiger partial charge is 0.348 e. The molecule has 0 aromatic heterocycles. The van der Waals surface area contributed by atoms with E-state index in [9.17, 15) is 10.1 Å². The molecule has 1 N–H and O–H groups in total. The highest BCUT2D eigenvalue weighted by atomic mass is 16.1. The fourth-order valence-electron chi connectivity index (χ4n) is 3.53. The first-order chi connectivity index (χ1) is 10.7. The van der Waals surface area contributed by atoms with Crippen LogP contribution in [0.2, 0.25) is 0 Å². The summed E-state index contributed by atoms with van der Waals surface area (Å²) in [5.74, 6) is 0.405. The summed E-state index contributed by atoms with van der Waals surface area (Å²) in [7, 11) is 0. The van der Waals surface area contributed by atoms with Gasteiger partial charge in [0.1, 0.15) is 5.92 Å². The zero-order valence-electron chi connectivity index (χ0n) is 13.2. The molecule has 3 heteroatoms. The molecule has 0 radical (unpaired) electrons. The van der Waals surface area contributed by atoms with Crippen LogP contribution in [0.25, 0.3) is 0 Å². The van der Waals surface area contributed by atoms with E-state index in [1.165, 1.54) is 18.4 Å². The molecule has 0 spiro atoms. The van der Waals surface area contributed by atoms with E-state index in [2.05, 4.69) is 35.7 Å². The second-order valence-corrected chi connectivity index (χ2v) is 6.82. The third-order valence-electron chi connectivity index (χ3n) is 5.14. The van der Waals surface area contributed by atoms with Crippen LogP contribution in [0.3, 0.4) is 0 Å². The Hall–Kier alpha value is -1.82. The van der Waals surface area contributed by atoms with Crippen molar-refractivity contribution in [1.82, 2.24) is 5.32 Å². The van der Waals surface area contributed by atoms with Crippen LogP contribution in [-0.4, -0.2) is 5.91 Å². The number of carbonyl (C=O) groups excluding carboxylic acids is 1. The molecule has 0 aliphatic heterocycles. The summed E-state index contributed by atoms with van der Waals surface area (Å²) in [6, 6.07) is 10.7. The molecule has 116 valence electrons. The summed E-state index contributed by atoms with van der Waals surface area (Å²) in [5, 5.41) is 12.4. The molecule has 0 heterocycles. The topological polar surface area (TPSA) is 52.9 Å². The average molecular weight is 296 g/mol. The molecule has 2 fully saturated rings. The monoisotopic (exact) mass is 296 g/mol. The summed E-state index contributed by atoms with van der Waals surface area (Å²) in [5.41, 5.74) is 2.52. The highest BCUT2D eigenvalue weighted by Gasteiger charge is 2.31. The number of nitrogens with one attached hydrogen (secondary N) is 1. The van der Waals surface area contributed by atoms with Gasteiger partial charge in [0, 0.05) is 0 Å². The van der Waals surface area contributed by atoms with Gasteiger partial charge in [-0.1, -0.05) is 37.1 Å². The van der Waals surface area contributed by atoms with E-state index < -0.39 is 5.92 Å². The number of hydrogen-bond acceptors (Lipinski definition) is 2. The molecule has 22 heavy (non-hydrogen) atoms. The predicted octanol–water partition coefficient (Wildman–Crippen LogP) is 4.07. The Bertz CT molecular complexity index is 562. The lowest BCUT2D eigenvalue weighted by molar-refractivity contribution is -0.125. The van der Waals surface area contributed by atoms with E-state index in [1.807, 2.05) is 6.92 Å². The standard InChI is InChI=1S/C19H24N2O/c1-13(14-6-8-15(9-7-14)16-10-11-16)21-19(22)18(12-20)17-4-2-3-5-17/h6-9,13,16-18H,2-5,10-11H2,1H3,(H,21,22). The van der Waals surface area contributed by atoms with Gasteiger partial charge in [-0.05, 0) is 55.6 Å². The summed E-state index contributed by atoms with van der Waals surface area (Å²) in [6.07, 6.45) is 6.92. The predicted molar refractivity (Wildman–Crippen MR) is 86.0 cm³/mol. The summed E-state index contributed by atoms with van der Waals surface area (Å²) in [6.45, 7) is 1.99. The maximum atomic E-state index is 12.4. The Kier molecular flexibility index (Phi) is 4.47. The van der Waals surface area contributed by atoms with Gasteiger partial charge < -0.3 is 5.32 Å². The molecule has 1 aromatic carbocycles. The zero-order valence-corrected chi connectivity index (χ0v) is 13.2. The van der Waals surface area contributed by atoms with E-state index in [0.717, 1.165) is 37.2 Å². The Morgan fingerprint density at radius 2 is 1.82 bits per heavy atom. The molecule has 2 aliphatic rings. The smallest absolute Gasteiger partial charge is 0.238 e. The quantitative estimate of drug-likeness (QED) is 0.890. The van der Waals surface area contributed by atoms with Gasteiger partial charge in [0.2, 0.25) is 5.91 Å². The Balaban J connectivity index is 1.60. The second kappa shape index (κ2) is 6.52. The fraction of sp³-hybridized carbons (Fsp3) is 0.579. The molecular weight excluding hydrogens is 272 g/mol. The molecule has 1 aromatic rings. The van der Waals surface area contributed by atoms with Crippen LogP contribution in [0.15, 0.2) is 24.3 Å². The first kappa shape index (κ1) is 15.1. The third kappa shape index (κ3) is 3.32. The van der Waals surface area contributed by atoms with Crippen LogP contribution < -0.4 is 5.32 Å². The fourth-order valence-corrected chi connectivity index (χ4v) is 3.53. The number of hydrogen-bond donors (Lipinski definition) is 1. The maximum Gasteiger partial charge on any atom is 0.238 e. The van der Waals surface area contributed by atoms with E-state index in [-0.39, 0.29) is 17.9 Å². The molecule has 1 amide bonds. The Labute approximate surface area is 132 Å². The number of amides is 1. The van der Waals surface area contributed by atoms with Crippen molar-refractivity contribution < 1.29 is 4.79 Å². The maximum absolute atomic E-state index is 12.4. The molecule has 3 rings (SSSR count). The van der Waals surface area contributed by atoms with Crippen molar-refractivity contribution in [1.29, 1.82) is 5.26 Å². The Morgan fingerprint density at radius 1 is 1.18 bits per heavy atom.